The van der Waals surface area contributed by atoms with Crippen molar-refractivity contribution in [1.29, 1.82) is 0 Å². The molecular formula is C18H13ClFNO2S2. The quantitative estimate of drug-likeness (QED) is 0.522. The third kappa shape index (κ3) is 3.71. The standard InChI is InChI=1S/C18H13ClFNO2S2/c1-2-23-15-8-7-12(19)9-11(15)10-16-17(22)21(18(24)25-16)14-6-4-3-5-13(14)20/h3-10H,2H2,1H3/b16-10-. The molecule has 1 fully saturated rings. The van der Waals surface area contributed by atoms with Gasteiger partial charge in [0.25, 0.3) is 5.91 Å². The molecule has 0 aliphatic carbocycles. The molecule has 7 heteroatoms. The first-order valence-electron chi connectivity index (χ1n) is 7.46. The number of thiocarbonyl (C=S) groups is 1. The van der Waals surface area contributed by atoms with Gasteiger partial charge in [-0.3, -0.25) is 9.69 Å². The zero-order valence-electron chi connectivity index (χ0n) is 13.2. The monoisotopic (exact) mass is 393 g/mol. The summed E-state index contributed by atoms with van der Waals surface area (Å²) in [6.07, 6.45) is 1.66. The second-order valence-corrected chi connectivity index (χ2v) is 7.20. The Bertz CT molecular complexity index is 885. The fourth-order valence-corrected chi connectivity index (χ4v) is 3.83. The third-order valence-corrected chi connectivity index (χ3v) is 4.98. The highest BCUT2D eigenvalue weighted by molar-refractivity contribution is 8.27. The van der Waals surface area contributed by atoms with E-state index in [1.165, 1.54) is 17.0 Å². The zero-order chi connectivity index (χ0) is 18.0. The van der Waals surface area contributed by atoms with Crippen LogP contribution < -0.4 is 9.64 Å². The van der Waals surface area contributed by atoms with E-state index in [9.17, 15) is 9.18 Å². The molecule has 0 aromatic heterocycles. The smallest absolute Gasteiger partial charge is 0.270 e. The molecule has 0 saturated carbocycles. The Hall–Kier alpha value is -1.89. The molecule has 25 heavy (non-hydrogen) atoms. The van der Waals surface area contributed by atoms with Crippen molar-refractivity contribution in [2.24, 2.45) is 0 Å². The average molecular weight is 394 g/mol. The predicted octanol–water partition coefficient (Wildman–Crippen LogP) is 5.28. The van der Waals surface area contributed by atoms with E-state index in [1.54, 1.807) is 36.4 Å². The summed E-state index contributed by atoms with van der Waals surface area (Å²) in [6, 6.07) is 11.2. The minimum Gasteiger partial charge on any atom is -0.493 e. The number of amides is 1. The summed E-state index contributed by atoms with van der Waals surface area (Å²) in [5, 5.41) is 0.527. The van der Waals surface area contributed by atoms with Gasteiger partial charge in [-0.15, -0.1) is 0 Å². The van der Waals surface area contributed by atoms with E-state index in [-0.39, 0.29) is 15.9 Å². The number of halogens is 2. The van der Waals surface area contributed by atoms with Crippen molar-refractivity contribution >= 4 is 57.6 Å². The highest BCUT2D eigenvalue weighted by Crippen LogP contribution is 2.38. The number of carbonyl (C=O) groups excluding carboxylic acids is 1. The molecule has 0 spiro atoms. The largest absolute Gasteiger partial charge is 0.493 e. The number of ether oxygens (including phenoxy) is 1. The van der Waals surface area contributed by atoms with Crippen LogP contribution in [0.15, 0.2) is 47.4 Å². The summed E-state index contributed by atoms with van der Waals surface area (Å²) < 4.78 is 19.9. The number of nitrogens with zero attached hydrogens (tertiary/aromatic N) is 1. The van der Waals surface area contributed by atoms with E-state index < -0.39 is 5.82 Å². The van der Waals surface area contributed by atoms with Crippen LogP contribution in [-0.2, 0) is 4.79 Å². The zero-order valence-corrected chi connectivity index (χ0v) is 15.6. The number of rotatable bonds is 4. The Balaban J connectivity index is 1.99. The van der Waals surface area contributed by atoms with Crippen LogP contribution in [-0.4, -0.2) is 16.8 Å². The molecule has 1 aliphatic rings. The Kier molecular flexibility index (Phi) is 5.42. The Morgan fingerprint density at radius 2 is 2.08 bits per heavy atom. The van der Waals surface area contributed by atoms with Gasteiger partial charge < -0.3 is 4.74 Å². The number of benzene rings is 2. The normalized spacial score (nSPS) is 16.0. The molecule has 0 bridgehead atoms. The van der Waals surface area contributed by atoms with Crippen molar-refractivity contribution in [2.45, 2.75) is 6.92 Å². The average Bonchev–Trinajstić information content (AvgIpc) is 2.85. The topological polar surface area (TPSA) is 29.5 Å². The minimum atomic E-state index is -0.502. The maximum atomic E-state index is 14.0. The first kappa shape index (κ1) is 17.9. The van der Waals surface area contributed by atoms with Crippen molar-refractivity contribution in [1.82, 2.24) is 0 Å². The van der Waals surface area contributed by atoms with E-state index in [0.717, 1.165) is 11.8 Å². The Morgan fingerprint density at radius 3 is 2.80 bits per heavy atom. The molecule has 0 atom stereocenters. The van der Waals surface area contributed by atoms with Gasteiger partial charge in [-0.25, -0.2) is 4.39 Å². The summed E-state index contributed by atoms with van der Waals surface area (Å²) in [7, 11) is 0. The number of para-hydroxylation sites is 1. The molecule has 2 aromatic rings. The number of anilines is 1. The van der Waals surface area contributed by atoms with Gasteiger partial charge in [0.1, 0.15) is 11.6 Å². The lowest BCUT2D eigenvalue weighted by atomic mass is 10.1. The highest BCUT2D eigenvalue weighted by atomic mass is 35.5. The predicted molar refractivity (Wildman–Crippen MR) is 105 cm³/mol. The highest BCUT2D eigenvalue weighted by Gasteiger charge is 2.34. The second kappa shape index (κ2) is 7.56. The first-order chi connectivity index (χ1) is 12.0. The lowest BCUT2D eigenvalue weighted by Crippen LogP contribution is -2.28. The lowest BCUT2D eigenvalue weighted by molar-refractivity contribution is -0.113. The fraction of sp³-hybridized carbons (Fsp3) is 0.111. The van der Waals surface area contributed by atoms with Crippen LogP contribution in [0.4, 0.5) is 10.1 Å². The lowest BCUT2D eigenvalue weighted by Gasteiger charge is -2.15. The van der Waals surface area contributed by atoms with Crippen LogP contribution in [0.2, 0.25) is 5.02 Å². The van der Waals surface area contributed by atoms with Gasteiger partial charge in [0, 0.05) is 10.6 Å². The van der Waals surface area contributed by atoms with Crippen LogP contribution in [0.25, 0.3) is 6.08 Å². The van der Waals surface area contributed by atoms with Gasteiger partial charge in [-0.05, 0) is 43.3 Å². The van der Waals surface area contributed by atoms with Crippen LogP contribution in [0.1, 0.15) is 12.5 Å². The molecular weight excluding hydrogens is 381 g/mol. The number of thioether (sulfide) groups is 1. The van der Waals surface area contributed by atoms with Gasteiger partial charge in [-0.1, -0.05) is 47.7 Å². The number of carbonyl (C=O) groups is 1. The van der Waals surface area contributed by atoms with Crippen molar-refractivity contribution in [3.63, 3.8) is 0 Å². The van der Waals surface area contributed by atoms with Crippen molar-refractivity contribution < 1.29 is 13.9 Å². The molecule has 0 N–H and O–H groups in total. The van der Waals surface area contributed by atoms with Crippen LogP contribution >= 0.6 is 35.6 Å². The van der Waals surface area contributed by atoms with Crippen molar-refractivity contribution in [3.05, 3.63) is 63.8 Å². The maximum Gasteiger partial charge on any atom is 0.270 e. The summed E-state index contributed by atoms with van der Waals surface area (Å²) in [6.45, 7) is 2.36. The Labute approximate surface area is 159 Å². The number of hydrogen-bond donors (Lipinski definition) is 0. The van der Waals surface area contributed by atoms with Gasteiger partial charge in [0.15, 0.2) is 4.32 Å². The van der Waals surface area contributed by atoms with Gasteiger partial charge in [0.05, 0.1) is 17.2 Å². The SMILES string of the molecule is CCOc1ccc(Cl)cc1/C=C1\SC(=S)N(c2ccccc2F)C1=O. The third-order valence-electron chi connectivity index (χ3n) is 3.45. The van der Waals surface area contributed by atoms with Crippen LogP contribution in [0.5, 0.6) is 5.75 Å². The van der Waals surface area contributed by atoms with E-state index in [4.69, 9.17) is 28.6 Å². The molecule has 128 valence electrons. The minimum absolute atomic E-state index is 0.143. The molecule has 0 radical (unpaired) electrons. The molecule has 0 unspecified atom stereocenters. The summed E-state index contributed by atoms with van der Waals surface area (Å²) >= 11 is 12.4. The summed E-state index contributed by atoms with van der Waals surface area (Å²) in [4.78, 5) is 14.3. The first-order valence-corrected chi connectivity index (χ1v) is 9.06. The van der Waals surface area contributed by atoms with Gasteiger partial charge in [0.2, 0.25) is 0 Å². The molecule has 1 saturated heterocycles. The second-order valence-electron chi connectivity index (χ2n) is 5.08. The summed E-state index contributed by atoms with van der Waals surface area (Å²) in [5.74, 6) is -0.261. The maximum absolute atomic E-state index is 14.0. The van der Waals surface area contributed by atoms with Gasteiger partial charge >= 0.3 is 0 Å². The Morgan fingerprint density at radius 1 is 1.32 bits per heavy atom. The fourth-order valence-electron chi connectivity index (χ4n) is 2.37. The summed E-state index contributed by atoms with van der Waals surface area (Å²) in [5.41, 5.74) is 0.813. The van der Waals surface area contributed by atoms with E-state index in [0.29, 0.717) is 27.8 Å². The van der Waals surface area contributed by atoms with Crippen LogP contribution in [0.3, 0.4) is 0 Å². The molecule has 1 heterocycles. The molecule has 1 aliphatic heterocycles. The molecule has 3 nitrogen and oxygen atoms in total. The molecule has 3 rings (SSSR count). The van der Waals surface area contributed by atoms with Crippen molar-refractivity contribution in [2.75, 3.05) is 11.5 Å². The van der Waals surface area contributed by atoms with Crippen LogP contribution in [0, 0.1) is 5.82 Å². The van der Waals surface area contributed by atoms with Gasteiger partial charge in [-0.2, -0.15) is 0 Å². The van der Waals surface area contributed by atoms with E-state index >= 15 is 0 Å². The molecule has 1 amide bonds. The molecule has 2 aromatic carbocycles. The van der Waals surface area contributed by atoms with E-state index in [2.05, 4.69) is 0 Å². The van der Waals surface area contributed by atoms with Crippen molar-refractivity contribution in [3.8, 4) is 5.75 Å². The van der Waals surface area contributed by atoms with E-state index in [1.807, 2.05) is 6.92 Å². The number of hydrogen-bond acceptors (Lipinski definition) is 4.